The molecule has 1 saturated heterocycles. The summed E-state index contributed by atoms with van der Waals surface area (Å²) in [5.74, 6) is -0.215. The average molecular weight is 353 g/mol. The van der Waals surface area contributed by atoms with Crippen molar-refractivity contribution in [3.63, 3.8) is 0 Å². The summed E-state index contributed by atoms with van der Waals surface area (Å²) in [4.78, 5) is 14.5. The fourth-order valence-corrected chi connectivity index (χ4v) is 2.88. The highest BCUT2D eigenvalue weighted by Crippen LogP contribution is 2.30. The molecule has 1 aliphatic rings. The summed E-state index contributed by atoms with van der Waals surface area (Å²) in [5.41, 5.74) is 0.847. The first-order valence-corrected chi connectivity index (χ1v) is 7.74. The summed E-state index contributed by atoms with van der Waals surface area (Å²) in [6.07, 6.45) is 3.43. The van der Waals surface area contributed by atoms with E-state index in [4.69, 9.17) is 27.9 Å². The molecule has 1 aromatic carbocycles. The number of esters is 1. The first-order chi connectivity index (χ1) is 9.63. The molecule has 1 fully saturated rings. The van der Waals surface area contributed by atoms with Crippen molar-refractivity contribution in [1.82, 2.24) is 4.90 Å². The quantitative estimate of drug-likeness (QED) is 0.747. The molecule has 2 rings (SSSR count). The highest BCUT2D eigenvalue weighted by Gasteiger charge is 2.30. The van der Waals surface area contributed by atoms with Gasteiger partial charge in [0.1, 0.15) is 6.04 Å². The summed E-state index contributed by atoms with van der Waals surface area (Å²) >= 11 is 12.0. The van der Waals surface area contributed by atoms with Crippen molar-refractivity contribution in [1.29, 1.82) is 0 Å². The molecule has 0 N–H and O–H groups in total. The van der Waals surface area contributed by atoms with E-state index in [1.807, 2.05) is 13.0 Å². The highest BCUT2D eigenvalue weighted by molar-refractivity contribution is 6.42. The van der Waals surface area contributed by atoms with Crippen LogP contribution >= 0.6 is 35.6 Å². The molecule has 1 unspecified atom stereocenters. The predicted molar refractivity (Wildman–Crippen MR) is 88.5 cm³/mol. The lowest BCUT2D eigenvalue weighted by atomic mass is 10.0. The summed E-state index contributed by atoms with van der Waals surface area (Å²) in [7, 11) is 0. The lowest BCUT2D eigenvalue weighted by Crippen LogP contribution is -2.38. The van der Waals surface area contributed by atoms with Crippen molar-refractivity contribution in [3.05, 3.63) is 33.8 Å². The van der Waals surface area contributed by atoms with E-state index < -0.39 is 0 Å². The van der Waals surface area contributed by atoms with Gasteiger partial charge in [-0.05, 0) is 50.6 Å². The molecule has 0 spiro atoms. The Morgan fingerprint density at radius 2 is 1.90 bits per heavy atom. The number of nitrogens with zero attached hydrogens (tertiary/aromatic N) is 1. The van der Waals surface area contributed by atoms with Crippen LogP contribution in [0.5, 0.6) is 0 Å². The first-order valence-electron chi connectivity index (χ1n) is 6.99. The van der Waals surface area contributed by atoms with Crippen LogP contribution in [0.4, 0.5) is 0 Å². The Morgan fingerprint density at radius 3 is 2.48 bits per heavy atom. The fraction of sp³-hybridized carbons (Fsp3) is 0.533. The summed E-state index contributed by atoms with van der Waals surface area (Å²) in [5, 5.41) is 0.965. The van der Waals surface area contributed by atoms with Gasteiger partial charge in [0.05, 0.1) is 16.7 Å². The minimum Gasteiger partial charge on any atom is -0.465 e. The standard InChI is InChI=1S/C15H19Cl2NO2.ClH/c1-2-20-15(19)14(18-8-4-3-5-9-18)11-6-7-12(16)13(17)10-11;/h6-7,10,14H,2-5,8-9H2,1H3;1H. The van der Waals surface area contributed by atoms with E-state index in [0.717, 1.165) is 31.5 Å². The van der Waals surface area contributed by atoms with Crippen LogP contribution in [-0.2, 0) is 9.53 Å². The molecule has 0 aliphatic carbocycles. The Morgan fingerprint density at radius 1 is 1.24 bits per heavy atom. The zero-order chi connectivity index (χ0) is 14.5. The van der Waals surface area contributed by atoms with Crippen molar-refractivity contribution in [2.75, 3.05) is 19.7 Å². The monoisotopic (exact) mass is 351 g/mol. The van der Waals surface area contributed by atoms with E-state index >= 15 is 0 Å². The number of likely N-dealkylation sites (tertiary alicyclic amines) is 1. The SMILES string of the molecule is CCOC(=O)C(c1ccc(Cl)c(Cl)c1)N1CCCCC1.Cl. The largest absolute Gasteiger partial charge is 0.465 e. The van der Waals surface area contributed by atoms with Gasteiger partial charge in [0, 0.05) is 0 Å². The van der Waals surface area contributed by atoms with E-state index in [0.29, 0.717) is 16.7 Å². The Bertz CT molecular complexity index is 476. The summed E-state index contributed by atoms with van der Waals surface area (Å²) in [6.45, 7) is 4.01. The van der Waals surface area contributed by atoms with E-state index in [-0.39, 0.29) is 24.4 Å². The van der Waals surface area contributed by atoms with Crippen LogP contribution in [0.25, 0.3) is 0 Å². The van der Waals surface area contributed by atoms with E-state index in [1.165, 1.54) is 6.42 Å². The fourth-order valence-electron chi connectivity index (χ4n) is 2.58. The van der Waals surface area contributed by atoms with Gasteiger partial charge in [-0.2, -0.15) is 0 Å². The molecule has 1 atom stereocenters. The maximum atomic E-state index is 12.3. The van der Waals surface area contributed by atoms with Crippen LogP contribution < -0.4 is 0 Å². The van der Waals surface area contributed by atoms with Crippen LogP contribution in [0, 0.1) is 0 Å². The van der Waals surface area contributed by atoms with Gasteiger partial charge in [0.2, 0.25) is 0 Å². The third kappa shape index (κ3) is 4.75. The Balaban J connectivity index is 0.00000220. The Labute approximate surface area is 142 Å². The minimum atomic E-state index is -0.384. The second-order valence-corrected chi connectivity index (χ2v) is 5.74. The van der Waals surface area contributed by atoms with Gasteiger partial charge < -0.3 is 4.74 Å². The molecule has 1 aromatic rings. The van der Waals surface area contributed by atoms with Crippen LogP contribution in [0.3, 0.4) is 0 Å². The molecule has 21 heavy (non-hydrogen) atoms. The molecular weight excluding hydrogens is 333 g/mol. The molecule has 0 amide bonds. The van der Waals surface area contributed by atoms with E-state index in [2.05, 4.69) is 4.90 Å². The van der Waals surface area contributed by atoms with Gasteiger partial charge in [-0.1, -0.05) is 35.7 Å². The number of ether oxygens (including phenoxy) is 1. The number of rotatable bonds is 4. The highest BCUT2D eigenvalue weighted by atomic mass is 35.5. The number of benzene rings is 1. The summed E-state index contributed by atoms with van der Waals surface area (Å²) < 4.78 is 5.23. The molecule has 1 aliphatic heterocycles. The number of carbonyl (C=O) groups excluding carboxylic acids is 1. The van der Waals surface area contributed by atoms with Gasteiger partial charge in [-0.25, -0.2) is 4.79 Å². The lowest BCUT2D eigenvalue weighted by molar-refractivity contribution is -0.150. The minimum absolute atomic E-state index is 0. The molecule has 1 heterocycles. The van der Waals surface area contributed by atoms with Crippen molar-refractivity contribution in [2.45, 2.75) is 32.2 Å². The van der Waals surface area contributed by atoms with Gasteiger partial charge in [-0.3, -0.25) is 4.90 Å². The normalized spacial score (nSPS) is 16.9. The third-order valence-corrected chi connectivity index (χ3v) is 4.26. The van der Waals surface area contributed by atoms with Gasteiger partial charge >= 0.3 is 5.97 Å². The predicted octanol–water partition coefficient (Wildman–Crippen LogP) is 4.51. The lowest BCUT2D eigenvalue weighted by Gasteiger charge is -2.33. The average Bonchev–Trinajstić information content (AvgIpc) is 2.44. The topological polar surface area (TPSA) is 29.5 Å². The van der Waals surface area contributed by atoms with Crippen molar-refractivity contribution >= 4 is 41.6 Å². The van der Waals surface area contributed by atoms with Gasteiger partial charge in [0.25, 0.3) is 0 Å². The second-order valence-electron chi connectivity index (χ2n) is 4.92. The number of carbonyl (C=O) groups is 1. The molecule has 0 radical (unpaired) electrons. The number of piperidine rings is 1. The molecule has 0 aromatic heterocycles. The summed E-state index contributed by atoms with van der Waals surface area (Å²) in [6, 6.07) is 4.96. The van der Waals surface area contributed by atoms with E-state index in [9.17, 15) is 4.79 Å². The Hall–Kier alpha value is -0.480. The van der Waals surface area contributed by atoms with Crippen LogP contribution in [-0.4, -0.2) is 30.6 Å². The van der Waals surface area contributed by atoms with Crippen molar-refractivity contribution < 1.29 is 9.53 Å². The van der Waals surface area contributed by atoms with Crippen LogP contribution in [0.2, 0.25) is 10.0 Å². The van der Waals surface area contributed by atoms with Crippen LogP contribution in [0.1, 0.15) is 37.8 Å². The molecule has 0 saturated carbocycles. The van der Waals surface area contributed by atoms with Crippen LogP contribution in [0.15, 0.2) is 18.2 Å². The molecular formula is C15H20Cl3NO2. The third-order valence-electron chi connectivity index (χ3n) is 3.53. The second kappa shape index (κ2) is 8.84. The zero-order valence-corrected chi connectivity index (χ0v) is 14.3. The van der Waals surface area contributed by atoms with E-state index in [1.54, 1.807) is 12.1 Å². The molecule has 118 valence electrons. The van der Waals surface area contributed by atoms with Crippen molar-refractivity contribution in [3.8, 4) is 0 Å². The zero-order valence-electron chi connectivity index (χ0n) is 12.0. The maximum absolute atomic E-state index is 12.3. The smallest absolute Gasteiger partial charge is 0.328 e. The van der Waals surface area contributed by atoms with Gasteiger partial charge in [0.15, 0.2) is 0 Å². The molecule has 3 nitrogen and oxygen atoms in total. The van der Waals surface area contributed by atoms with Gasteiger partial charge in [-0.15, -0.1) is 12.4 Å². The van der Waals surface area contributed by atoms with Crippen molar-refractivity contribution in [2.24, 2.45) is 0 Å². The number of hydrogen-bond donors (Lipinski definition) is 0. The maximum Gasteiger partial charge on any atom is 0.328 e. The number of hydrogen-bond acceptors (Lipinski definition) is 3. The first kappa shape index (κ1) is 18.6. The number of halogens is 3. The Kier molecular flexibility index (Phi) is 7.82. The molecule has 6 heteroatoms. The molecule has 0 bridgehead atoms.